The molecule has 0 bridgehead atoms. The van der Waals surface area contributed by atoms with Gasteiger partial charge >= 0.3 is 12.1 Å². The summed E-state index contributed by atoms with van der Waals surface area (Å²) in [7, 11) is -1.95. The molecule has 1 fully saturated rings. The van der Waals surface area contributed by atoms with Crippen molar-refractivity contribution in [1.29, 1.82) is 0 Å². The maximum Gasteiger partial charge on any atom is 0.407 e. The zero-order chi connectivity index (χ0) is 25.1. The van der Waals surface area contributed by atoms with E-state index in [1.165, 1.54) is 7.05 Å². The van der Waals surface area contributed by atoms with Crippen LogP contribution in [0.4, 0.5) is 4.79 Å². The van der Waals surface area contributed by atoms with Crippen molar-refractivity contribution in [3.63, 3.8) is 0 Å². The van der Waals surface area contributed by atoms with Crippen molar-refractivity contribution in [2.24, 2.45) is 10.3 Å². The second-order valence-electron chi connectivity index (χ2n) is 9.34. The highest BCUT2D eigenvalue weighted by molar-refractivity contribution is 7.95. The molecule has 1 heterocycles. The van der Waals surface area contributed by atoms with E-state index in [-0.39, 0.29) is 5.92 Å². The van der Waals surface area contributed by atoms with Gasteiger partial charge in [-0.2, -0.15) is 0 Å². The minimum Gasteiger partial charge on any atom is -0.462 e. The van der Waals surface area contributed by atoms with Crippen LogP contribution < -0.4 is 5.32 Å². The molecule has 0 spiro atoms. The Morgan fingerprint density at radius 1 is 1.06 bits per heavy atom. The molecule has 2 aromatic rings. The first-order valence-electron chi connectivity index (χ1n) is 11.5. The quantitative estimate of drug-likeness (QED) is 0.569. The normalized spacial score (nSPS) is 25.1. The fourth-order valence-electron chi connectivity index (χ4n) is 4.77. The summed E-state index contributed by atoms with van der Waals surface area (Å²) in [6, 6.07) is 18.2. The number of hydrogen-bond acceptors (Lipinski definition) is 6. The molecule has 1 amide bonds. The Morgan fingerprint density at radius 2 is 1.62 bits per heavy atom. The van der Waals surface area contributed by atoms with Crippen LogP contribution in [-0.4, -0.2) is 46.3 Å². The third-order valence-electron chi connectivity index (χ3n) is 6.19. The highest BCUT2D eigenvalue weighted by atomic mass is 32.2. The molecule has 184 valence electrons. The second-order valence-corrected chi connectivity index (χ2v) is 11.8. The van der Waals surface area contributed by atoms with E-state index >= 15 is 0 Å². The molecule has 1 aliphatic heterocycles. The van der Waals surface area contributed by atoms with Crippen molar-refractivity contribution in [2.75, 3.05) is 7.05 Å². The van der Waals surface area contributed by atoms with Gasteiger partial charge < -0.3 is 14.8 Å². The van der Waals surface area contributed by atoms with Gasteiger partial charge in [-0.1, -0.05) is 62.4 Å². The molecule has 1 N–H and O–H groups in total. The molecule has 34 heavy (non-hydrogen) atoms. The first kappa shape index (κ1) is 25.7. The predicted octanol–water partition coefficient (Wildman–Crippen LogP) is 4.77. The molecule has 0 radical (unpaired) electrons. The number of esters is 1. The number of rotatable bonds is 7. The standard InChI is InChI=1S/C26H34N2O5S/c1-17(2)22-21(19-13-9-7-10-14-19)26(5,28-25(30)33-22)23(24(29)32-18(3)4)34(31,27-6)20-15-11-8-12-16-20/h7-18,21-23H,1-6H3,(H,28,30)/t21-,22-,23+,26-,34?/m0/s1. The number of alkyl carbamates (subject to hydrolysis) is 1. The number of benzene rings is 2. The maximum atomic E-state index is 14.7. The zero-order valence-corrected chi connectivity index (χ0v) is 21.4. The molecule has 1 aliphatic rings. The van der Waals surface area contributed by atoms with Crippen LogP contribution in [0.25, 0.3) is 0 Å². The number of hydrogen-bond donors (Lipinski definition) is 1. The summed E-state index contributed by atoms with van der Waals surface area (Å²) in [6.07, 6.45) is -1.67. The van der Waals surface area contributed by atoms with Gasteiger partial charge in [0.1, 0.15) is 6.10 Å². The second kappa shape index (κ2) is 10.2. The van der Waals surface area contributed by atoms with Gasteiger partial charge in [0.15, 0.2) is 5.25 Å². The molecule has 1 saturated heterocycles. The van der Waals surface area contributed by atoms with E-state index < -0.39 is 50.7 Å². The van der Waals surface area contributed by atoms with Crippen LogP contribution in [-0.2, 0) is 24.0 Å². The number of cyclic esters (lactones) is 1. The van der Waals surface area contributed by atoms with Crippen molar-refractivity contribution in [2.45, 2.75) is 68.4 Å². The summed E-state index contributed by atoms with van der Waals surface area (Å²) in [4.78, 5) is 27.0. The predicted molar refractivity (Wildman–Crippen MR) is 132 cm³/mol. The SMILES string of the molecule is CN=S(=O)(c1ccccc1)[C@H](C(=O)OC(C)C)[C@@]1(C)NC(=O)O[C@@H](C(C)C)[C@@H]1c1ccccc1. The number of nitrogens with zero attached hydrogens (tertiary/aromatic N) is 1. The number of nitrogens with one attached hydrogen (secondary N) is 1. The van der Waals surface area contributed by atoms with E-state index in [4.69, 9.17) is 9.47 Å². The van der Waals surface area contributed by atoms with Crippen LogP contribution >= 0.6 is 0 Å². The van der Waals surface area contributed by atoms with Crippen LogP contribution in [0.3, 0.4) is 0 Å². The molecule has 0 aliphatic carbocycles. The van der Waals surface area contributed by atoms with E-state index in [0.717, 1.165) is 5.56 Å². The number of ether oxygens (including phenoxy) is 2. The van der Waals surface area contributed by atoms with E-state index in [0.29, 0.717) is 4.90 Å². The van der Waals surface area contributed by atoms with Crippen molar-refractivity contribution in [3.05, 3.63) is 66.2 Å². The van der Waals surface area contributed by atoms with E-state index in [2.05, 4.69) is 9.68 Å². The molecular formula is C26H34N2O5S. The highest BCUT2D eigenvalue weighted by Crippen LogP contribution is 2.45. The third kappa shape index (κ3) is 4.82. The lowest BCUT2D eigenvalue weighted by atomic mass is 9.71. The van der Waals surface area contributed by atoms with Gasteiger partial charge in [0, 0.05) is 17.9 Å². The lowest BCUT2D eigenvalue weighted by molar-refractivity contribution is -0.149. The Kier molecular flexibility index (Phi) is 7.70. The van der Waals surface area contributed by atoms with Crippen LogP contribution in [0.2, 0.25) is 0 Å². The van der Waals surface area contributed by atoms with Crippen molar-refractivity contribution in [1.82, 2.24) is 5.32 Å². The lowest BCUT2D eigenvalue weighted by Gasteiger charge is -2.50. The van der Waals surface area contributed by atoms with Gasteiger partial charge in [-0.05, 0) is 44.4 Å². The zero-order valence-electron chi connectivity index (χ0n) is 20.6. The van der Waals surface area contributed by atoms with Crippen molar-refractivity contribution < 1.29 is 23.3 Å². The molecule has 2 aromatic carbocycles. The van der Waals surface area contributed by atoms with Crippen molar-refractivity contribution in [3.8, 4) is 0 Å². The van der Waals surface area contributed by atoms with Crippen LogP contribution in [0, 0.1) is 5.92 Å². The van der Waals surface area contributed by atoms with E-state index in [1.807, 2.05) is 44.2 Å². The summed E-state index contributed by atoms with van der Waals surface area (Å²) < 4.78 is 30.4. The molecule has 0 saturated carbocycles. The molecule has 0 aromatic heterocycles. The number of carbonyl (C=O) groups excluding carboxylic acids is 2. The summed E-state index contributed by atoms with van der Waals surface area (Å²) in [5.41, 5.74) is -0.471. The molecular weight excluding hydrogens is 452 g/mol. The first-order valence-corrected chi connectivity index (χ1v) is 13.1. The molecule has 8 heteroatoms. The van der Waals surface area contributed by atoms with Gasteiger partial charge in [-0.25, -0.2) is 13.4 Å². The van der Waals surface area contributed by atoms with Gasteiger partial charge in [-0.15, -0.1) is 0 Å². The van der Waals surface area contributed by atoms with Crippen LogP contribution in [0.1, 0.15) is 46.1 Å². The van der Waals surface area contributed by atoms with Crippen LogP contribution in [0.15, 0.2) is 69.9 Å². The fraction of sp³-hybridized carbons (Fsp3) is 0.462. The average molecular weight is 487 g/mol. The Hall–Kier alpha value is -2.87. The third-order valence-corrected chi connectivity index (χ3v) is 9.00. The Bertz CT molecular complexity index is 1130. The first-order chi connectivity index (χ1) is 16.0. The molecule has 1 unspecified atom stereocenters. The van der Waals surface area contributed by atoms with Gasteiger partial charge in [0.2, 0.25) is 0 Å². The Morgan fingerprint density at radius 3 is 2.12 bits per heavy atom. The monoisotopic (exact) mass is 486 g/mol. The minimum absolute atomic E-state index is 0.0660. The number of amides is 1. The van der Waals surface area contributed by atoms with Gasteiger partial charge in [0.25, 0.3) is 0 Å². The smallest absolute Gasteiger partial charge is 0.407 e. The summed E-state index contributed by atoms with van der Waals surface area (Å²) in [5.74, 6) is -1.24. The van der Waals surface area contributed by atoms with Crippen LogP contribution in [0.5, 0.6) is 0 Å². The van der Waals surface area contributed by atoms with Crippen molar-refractivity contribution >= 4 is 21.8 Å². The molecule has 3 rings (SSSR count). The lowest BCUT2D eigenvalue weighted by Crippen LogP contribution is -2.69. The highest BCUT2D eigenvalue weighted by Gasteiger charge is 2.59. The summed E-state index contributed by atoms with van der Waals surface area (Å²) >= 11 is 0. The Labute approximate surface area is 202 Å². The molecule has 5 atom stereocenters. The van der Waals surface area contributed by atoms with Gasteiger partial charge in [0.05, 0.1) is 21.4 Å². The summed E-state index contributed by atoms with van der Waals surface area (Å²) in [5, 5.41) is 1.59. The summed E-state index contributed by atoms with van der Waals surface area (Å²) in [6.45, 7) is 9.14. The maximum absolute atomic E-state index is 14.7. The minimum atomic E-state index is -3.38. The van der Waals surface area contributed by atoms with Gasteiger partial charge in [-0.3, -0.25) is 4.79 Å². The average Bonchev–Trinajstić information content (AvgIpc) is 2.79. The van der Waals surface area contributed by atoms with E-state index in [9.17, 15) is 13.8 Å². The topological polar surface area (TPSA) is 94.1 Å². The van der Waals surface area contributed by atoms with E-state index in [1.54, 1.807) is 51.1 Å². The largest absolute Gasteiger partial charge is 0.462 e. The number of carbonyl (C=O) groups is 2. The fourth-order valence-corrected chi connectivity index (χ4v) is 7.20. The molecule has 7 nitrogen and oxygen atoms in total. The Balaban J connectivity index is 2.33.